The van der Waals surface area contributed by atoms with Crippen LogP contribution >= 0.6 is 0 Å². The molecular weight excluding hydrogens is 233 g/mol. The van der Waals surface area contributed by atoms with Crippen molar-refractivity contribution in [1.82, 2.24) is 0 Å². The third-order valence-electron chi connectivity index (χ3n) is 2.59. The average molecular weight is 243 g/mol. The smallest absolute Gasteiger partial charge is 0.248 e. The minimum atomic E-state index is -0.568. The van der Waals surface area contributed by atoms with Crippen LogP contribution in [0.3, 0.4) is 0 Å². The molecule has 0 aromatic heterocycles. The normalized spacial score (nSPS) is 10.1. The van der Waals surface area contributed by atoms with Crippen molar-refractivity contribution >= 4 is 12.2 Å². The van der Waals surface area contributed by atoms with Gasteiger partial charge in [-0.2, -0.15) is 0 Å². The predicted molar refractivity (Wildman–Crippen MR) is 65.7 cm³/mol. The van der Waals surface area contributed by atoms with Gasteiger partial charge in [-0.3, -0.25) is 9.59 Å². The van der Waals surface area contributed by atoms with Crippen LogP contribution in [0.5, 0.6) is 0 Å². The first-order valence-electron chi connectivity index (χ1n) is 5.27. The number of amides is 1. The van der Waals surface area contributed by atoms with Gasteiger partial charge in [0.25, 0.3) is 0 Å². The lowest BCUT2D eigenvalue weighted by Crippen LogP contribution is -2.10. The van der Waals surface area contributed by atoms with Crippen LogP contribution in [0.25, 0.3) is 11.1 Å². The number of carbonyl (C=O) groups is 2. The Kier molecular flexibility index (Phi) is 3.19. The fourth-order valence-electron chi connectivity index (χ4n) is 1.68. The Morgan fingerprint density at radius 1 is 1.17 bits per heavy atom. The molecular formula is C14H10FNO2. The van der Waals surface area contributed by atoms with E-state index in [1.807, 2.05) is 0 Å². The molecule has 0 aliphatic rings. The third-order valence-corrected chi connectivity index (χ3v) is 2.59. The number of halogens is 1. The van der Waals surface area contributed by atoms with Crippen molar-refractivity contribution in [2.45, 2.75) is 0 Å². The molecule has 0 spiro atoms. The van der Waals surface area contributed by atoms with Crippen LogP contribution in [0.4, 0.5) is 4.39 Å². The Morgan fingerprint density at radius 3 is 2.56 bits per heavy atom. The van der Waals surface area contributed by atoms with Crippen LogP contribution in [0.1, 0.15) is 20.7 Å². The summed E-state index contributed by atoms with van der Waals surface area (Å²) >= 11 is 0. The quantitative estimate of drug-likeness (QED) is 0.841. The Bertz CT molecular complexity index is 623. The number of carbonyl (C=O) groups excluding carboxylic acids is 2. The maximum atomic E-state index is 13.8. The van der Waals surface area contributed by atoms with E-state index in [9.17, 15) is 14.0 Å². The van der Waals surface area contributed by atoms with Crippen molar-refractivity contribution in [3.05, 3.63) is 59.4 Å². The van der Waals surface area contributed by atoms with Gasteiger partial charge >= 0.3 is 0 Å². The first-order chi connectivity index (χ1) is 8.61. The molecule has 0 atom stereocenters. The minimum absolute atomic E-state index is 0.266. The molecule has 0 saturated carbocycles. The summed E-state index contributed by atoms with van der Waals surface area (Å²) in [5.41, 5.74) is 6.61. The molecule has 0 heterocycles. The van der Waals surface area contributed by atoms with Crippen LogP contribution in [-0.4, -0.2) is 12.2 Å². The molecule has 0 aliphatic heterocycles. The van der Waals surface area contributed by atoms with E-state index in [1.54, 1.807) is 18.2 Å². The number of hydrogen-bond donors (Lipinski definition) is 1. The van der Waals surface area contributed by atoms with Crippen LogP contribution < -0.4 is 5.73 Å². The highest BCUT2D eigenvalue weighted by Gasteiger charge is 2.08. The van der Waals surface area contributed by atoms with Gasteiger partial charge in [-0.15, -0.1) is 0 Å². The van der Waals surface area contributed by atoms with Crippen LogP contribution in [-0.2, 0) is 0 Å². The summed E-state index contributed by atoms with van der Waals surface area (Å²) in [5.74, 6) is -1.08. The number of aldehydes is 1. The zero-order valence-corrected chi connectivity index (χ0v) is 9.39. The lowest BCUT2D eigenvalue weighted by Gasteiger charge is -2.05. The largest absolute Gasteiger partial charge is 0.366 e. The Hall–Kier alpha value is -2.49. The van der Waals surface area contributed by atoms with Gasteiger partial charge in [0, 0.05) is 16.7 Å². The van der Waals surface area contributed by atoms with Crippen molar-refractivity contribution in [3.8, 4) is 11.1 Å². The Labute approximate surface area is 103 Å². The molecule has 3 nitrogen and oxygen atoms in total. The second-order valence-electron chi connectivity index (χ2n) is 3.80. The van der Waals surface area contributed by atoms with Crippen molar-refractivity contribution in [1.29, 1.82) is 0 Å². The van der Waals surface area contributed by atoms with Crippen LogP contribution in [0.2, 0.25) is 0 Å². The summed E-state index contributed by atoms with van der Waals surface area (Å²) in [5, 5.41) is 0. The molecule has 4 heteroatoms. The summed E-state index contributed by atoms with van der Waals surface area (Å²) in [6, 6.07) is 10.5. The van der Waals surface area contributed by atoms with E-state index in [0.717, 1.165) is 6.07 Å². The van der Waals surface area contributed by atoms with E-state index in [-0.39, 0.29) is 5.56 Å². The molecule has 2 aromatic rings. The standard InChI is InChI=1S/C14H10FNO2/c15-13-6-9(8-17)4-5-12(13)10-2-1-3-11(7-10)14(16)18/h1-8H,(H2,16,18). The maximum absolute atomic E-state index is 13.8. The number of primary amides is 1. The van der Waals surface area contributed by atoms with Gasteiger partial charge in [-0.25, -0.2) is 4.39 Å². The summed E-state index contributed by atoms with van der Waals surface area (Å²) in [6.45, 7) is 0. The fraction of sp³-hybridized carbons (Fsp3) is 0. The third kappa shape index (κ3) is 2.27. The summed E-state index contributed by atoms with van der Waals surface area (Å²) in [4.78, 5) is 21.6. The van der Waals surface area contributed by atoms with Gasteiger partial charge in [-0.1, -0.05) is 24.3 Å². The van der Waals surface area contributed by atoms with E-state index in [0.29, 0.717) is 23.0 Å². The monoisotopic (exact) mass is 243 g/mol. The molecule has 2 rings (SSSR count). The molecule has 0 unspecified atom stereocenters. The van der Waals surface area contributed by atoms with E-state index < -0.39 is 11.7 Å². The first-order valence-corrected chi connectivity index (χ1v) is 5.27. The van der Waals surface area contributed by atoms with Gasteiger partial charge in [-0.05, 0) is 23.8 Å². The molecule has 0 saturated heterocycles. The summed E-state index contributed by atoms with van der Waals surface area (Å²) < 4.78 is 13.8. The summed E-state index contributed by atoms with van der Waals surface area (Å²) in [7, 11) is 0. The molecule has 1 amide bonds. The zero-order chi connectivity index (χ0) is 13.1. The number of hydrogen-bond acceptors (Lipinski definition) is 2. The maximum Gasteiger partial charge on any atom is 0.248 e. The first kappa shape index (κ1) is 12.0. The topological polar surface area (TPSA) is 60.2 Å². The zero-order valence-electron chi connectivity index (χ0n) is 9.39. The lowest BCUT2D eigenvalue weighted by atomic mass is 10.0. The van der Waals surface area contributed by atoms with Crippen molar-refractivity contribution in [2.24, 2.45) is 5.73 Å². The molecule has 18 heavy (non-hydrogen) atoms. The summed E-state index contributed by atoms with van der Waals surface area (Å²) in [6.07, 6.45) is 0.576. The van der Waals surface area contributed by atoms with E-state index in [2.05, 4.69) is 0 Å². The SMILES string of the molecule is NC(=O)c1cccc(-c2ccc(C=O)cc2F)c1. The highest BCUT2D eigenvalue weighted by molar-refractivity contribution is 5.94. The molecule has 0 radical (unpaired) electrons. The minimum Gasteiger partial charge on any atom is -0.366 e. The number of nitrogens with two attached hydrogens (primary N) is 1. The second kappa shape index (κ2) is 4.79. The predicted octanol–water partition coefficient (Wildman–Crippen LogP) is 2.40. The molecule has 0 fully saturated rings. The van der Waals surface area contributed by atoms with Gasteiger partial charge in [0.2, 0.25) is 5.91 Å². The Morgan fingerprint density at radius 2 is 1.94 bits per heavy atom. The number of benzene rings is 2. The highest BCUT2D eigenvalue weighted by Crippen LogP contribution is 2.24. The van der Waals surface area contributed by atoms with Crippen LogP contribution in [0, 0.1) is 5.82 Å². The molecule has 90 valence electrons. The van der Waals surface area contributed by atoms with Crippen molar-refractivity contribution in [2.75, 3.05) is 0 Å². The van der Waals surface area contributed by atoms with Crippen molar-refractivity contribution in [3.63, 3.8) is 0 Å². The van der Waals surface area contributed by atoms with E-state index in [4.69, 9.17) is 5.73 Å². The van der Waals surface area contributed by atoms with Gasteiger partial charge in [0.1, 0.15) is 12.1 Å². The van der Waals surface area contributed by atoms with E-state index >= 15 is 0 Å². The molecule has 2 aromatic carbocycles. The molecule has 2 N–H and O–H groups in total. The lowest BCUT2D eigenvalue weighted by molar-refractivity contribution is 0.1000. The van der Waals surface area contributed by atoms with Crippen LogP contribution in [0.15, 0.2) is 42.5 Å². The van der Waals surface area contributed by atoms with Gasteiger partial charge in [0.05, 0.1) is 0 Å². The van der Waals surface area contributed by atoms with Gasteiger partial charge in [0.15, 0.2) is 0 Å². The van der Waals surface area contributed by atoms with Gasteiger partial charge < -0.3 is 5.73 Å². The van der Waals surface area contributed by atoms with Crippen molar-refractivity contribution < 1.29 is 14.0 Å². The Balaban J connectivity index is 2.51. The average Bonchev–Trinajstić information content (AvgIpc) is 2.38. The highest BCUT2D eigenvalue weighted by atomic mass is 19.1. The fourth-order valence-corrected chi connectivity index (χ4v) is 1.68. The molecule has 0 aliphatic carbocycles. The number of rotatable bonds is 3. The molecule has 0 bridgehead atoms. The second-order valence-corrected chi connectivity index (χ2v) is 3.80. The van der Waals surface area contributed by atoms with E-state index in [1.165, 1.54) is 18.2 Å².